The molecule has 0 bridgehead atoms. The van der Waals surface area contributed by atoms with Crippen LogP contribution in [0.4, 0.5) is 14.5 Å². The lowest BCUT2D eigenvalue weighted by molar-refractivity contribution is -0.390. The molecule has 1 aromatic rings. The summed E-state index contributed by atoms with van der Waals surface area (Å²) in [5.74, 6) is -3.27. The van der Waals surface area contributed by atoms with E-state index in [0.29, 0.717) is 12.1 Å². The summed E-state index contributed by atoms with van der Waals surface area (Å²) in [6.07, 6.45) is 0. The quantitative estimate of drug-likeness (QED) is 0.370. The van der Waals surface area contributed by atoms with Crippen molar-refractivity contribution in [1.29, 1.82) is 0 Å². The number of carbonyl (C=O) groups is 1. The fourth-order valence-corrected chi connectivity index (χ4v) is 1.30. The van der Waals surface area contributed by atoms with Gasteiger partial charge in [-0.2, -0.15) is 8.78 Å². The number of Topliss-reactive ketones (excluding diaryl/α,β-unsaturated/α-hetero) is 1. The monoisotopic (exact) mass is 279 g/mol. The molecule has 4 nitrogen and oxygen atoms in total. The molecule has 1 aromatic carbocycles. The smallest absolute Gasteiger partial charge is 0.293 e. The Labute approximate surface area is 91.2 Å². The Morgan fingerprint density at radius 2 is 1.87 bits per heavy atom. The minimum absolute atomic E-state index is 0.107. The molecule has 0 amide bonds. The van der Waals surface area contributed by atoms with Crippen LogP contribution >= 0.6 is 15.9 Å². The Hall–Kier alpha value is -1.37. The third kappa shape index (κ3) is 2.35. The zero-order chi connectivity index (χ0) is 11.6. The summed E-state index contributed by atoms with van der Waals surface area (Å²) in [4.78, 5) is 20.1. The predicted octanol–water partition coefficient (Wildman–Crippen LogP) is 2.45. The van der Waals surface area contributed by atoms with Crippen LogP contribution in [-0.4, -0.2) is 16.0 Å². The largest absolute Gasteiger partial charge is 0.340 e. The van der Waals surface area contributed by atoms with E-state index < -0.39 is 28.0 Å². The van der Waals surface area contributed by atoms with E-state index in [1.54, 1.807) is 0 Å². The van der Waals surface area contributed by atoms with Crippen LogP contribution in [0.15, 0.2) is 12.1 Å². The second kappa shape index (κ2) is 4.43. The zero-order valence-corrected chi connectivity index (χ0v) is 8.75. The number of benzene rings is 1. The molecule has 0 N–H and O–H groups in total. The van der Waals surface area contributed by atoms with Crippen molar-refractivity contribution in [1.82, 2.24) is 0 Å². The third-order valence-corrected chi connectivity index (χ3v) is 2.15. The molecule has 7 heteroatoms. The van der Waals surface area contributed by atoms with Crippen LogP contribution in [0.2, 0.25) is 0 Å². The van der Waals surface area contributed by atoms with Crippen LogP contribution in [0, 0.1) is 21.7 Å². The highest BCUT2D eigenvalue weighted by atomic mass is 79.9. The summed E-state index contributed by atoms with van der Waals surface area (Å²) in [5.41, 5.74) is -1.49. The molecule has 0 saturated heterocycles. The van der Waals surface area contributed by atoms with Crippen molar-refractivity contribution >= 4 is 27.4 Å². The number of nitro groups is 1. The lowest BCUT2D eigenvalue weighted by Gasteiger charge is -1.99. The van der Waals surface area contributed by atoms with E-state index in [0.717, 1.165) is 0 Å². The molecule has 0 aromatic heterocycles. The maximum absolute atomic E-state index is 13.0. The van der Waals surface area contributed by atoms with Crippen molar-refractivity contribution in [2.45, 2.75) is 0 Å². The Balaban J connectivity index is 3.31. The van der Waals surface area contributed by atoms with Gasteiger partial charge in [0.15, 0.2) is 5.78 Å². The van der Waals surface area contributed by atoms with E-state index in [2.05, 4.69) is 15.9 Å². The van der Waals surface area contributed by atoms with E-state index in [9.17, 15) is 23.7 Å². The number of alkyl halides is 1. The Morgan fingerprint density at radius 3 is 2.20 bits per heavy atom. The summed E-state index contributed by atoms with van der Waals surface area (Å²) >= 11 is 2.82. The molecule has 15 heavy (non-hydrogen) atoms. The number of hydrogen-bond acceptors (Lipinski definition) is 3. The van der Waals surface area contributed by atoms with Gasteiger partial charge in [-0.15, -0.1) is 0 Å². The van der Waals surface area contributed by atoms with Gasteiger partial charge in [0.1, 0.15) is 0 Å². The van der Waals surface area contributed by atoms with Crippen molar-refractivity contribution in [3.05, 3.63) is 39.4 Å². The van der Waals surface area contributed by atoms with Gasteiger partial charge in [0.25, 0.3) is 0 Å². The van der Waals surface area contributed by atoms with E-state index in [1.165, 1.54) is 0 Å². The van der Waals surface area contributed by atoms with Crippen molar-refractivity contribution in [2.75, 3.05) is 5.33 Å². The molecule has 0 unspecified atom stereocenters. The highest BCUT2D eigenvalue weighted by Crippen LogP contribution is 2.23. The summed E-state index contributed by atoms with van der Waals surface area (Å²) < 4.78 is 26.0. The third-order valence-electron chi connectivity index (χ3n) is 1.64. The molecule has 0 aliphatic rings. The number of ketones is 1. The van der Waals surface area contributed by atoms with Gasteiger partial charge in [0.2, 0.25) is 11.6 Å². The number of nitrogens with zero attached hydrogens (tertiary/aromatic N) is 1. The molecule has 80 valence electrons. The molecule has 0 fully saturated rings. The molecular formula is C8H4BrF2NO3. The van der Waals surface area contributed by atoms with Crippen LogP contribution in [0.25, 0.3) is 0 Å². The maximum Gasteiger partial charge on any atom is 0.340 e. The average molecular weight is 280 g/mol. The van der Waals surface area contributed by atoms with Gasteiger partial charge in [-0.1, -0.05) is 15.9 Å². The Morgan fingerprint density at radius 1 is 1.40 bits per heavy atom. The van der Waals surface area contributed by atoms with E-state index in [4.69, 9.17) is 0 Å². The molecular weight excluding hydrogens is 276 g/mol. The fraction of sp³-hybridized carbons (Fsp3) is 0.125. The van der Waals surface area contributed by atoms with Crippen LogP contribution in [-0.2, 0) is 0 Å². The van der Waals surface area contributed by atoms with Gasteiger partial charge in [-0.05, 0) is 12.1 Å². The first kappa shape index (κ1) is 11.7. The fourth-order valence-electron chi connectivity index (χ4n) is 0.978. The van der Waals surface area contributed by atoms with E-state index in [-0.39, 0.29) is 10.9 Å². The molecule has 0 atom stereocenters. The van der Waals surface area contributed by atoms with E-state index in [1.807, 2.05) is 0 Å². The van der Waals surface area contributed by atoms with Crippen molar-refractivity contribution in [3.63, 3.8) is 0 Å². The van der Waals surface area contributed by atoms with Gasteiger partial charge < -0.3 is 0 Å². The standard InChI is InChI=1S/C8H4BrF2NO3/c9-3-7(13)4-1-5(10)8(12(14)15)6(11)2-4/h1-2H,3H2. The predicted molar refractivity (Wildman–Crippen MR) is 51.1 cm³/mol. The van der Waals surface area contributed by atoms with Crippen molar-refractivity contribution in [3.8, 4) is 0 Å². The van der Waals surface area contributed by atoms with Gasteiger partial charge in [-0.25, -0.2) is 0 Å². The zero-order valence-electron chi connectivity index (χ0n) is 7.17. The molecule has 0 saturated carbocycles. The highest BCUT2D eigenvalue weighted by molar-refractivity contribution is 9.09. The van der Waals surface area contributed by atoms with Gasteiger partial charge in [0, 0.05) is 5.56 Å². The molecule has 0 radical (unpaired) electrons. The second-order valence-corrected chi connectivity index (χ2v) is 3.16. The minimum Gasteiger partial charge on any atom is -0.293 e. The average Bonchev–Trinajstić information content (AvgIpc) is 2.14. The first-order valence-corrected chi connectivity index (χ1v) is 4.82. The van der Waals surface area contributed by atoms with Crippen LogP contribution in [0.1, 0.15) is 10.4 Å². The minimum atomic E-state index is -1.36. The first-order chi connectivity index (χ1) is 6.97. The molecule has 0 heterocycles. The molecule has 0 aliphatic carbocycles. The molecule has 0 aliphatic heterocycles. The Bertz CT molecular complexity index is 413. The van der Waals surface area contributed by atoms with Gasteiger partial charge in [-0.3, -0.25) is 14.9 Å². The second-order valence-electron chi connectivity index (χ2n) is 2.60. The van der Waals surface area contributed by atoms with Crippen molar-refractivity contribution < 1.29 is 18.5 Å². The summed E-state index contributed by atoms with van der Waals surface area (Å²) in [6, 6.07) is 1.29. The number of carbonyl (C=O) groups excluding carboxylic acids is 1. The number of nitro benzene ring substituents is 1. The normalized spacial score (nSPS) is 10.1. The number of hydrogen-bond donors (Lipinski definition) is 0. The van der Waals surface area contributed by atoms with Crippen LogP contribution in [0.3, 0.4) is 0 Å². The lowest BCUT2D eigenvalue weighted by atomic mass is 10.1. The van der Waals surface area contributed by atoms with Gasteiger partial charge >= 0.3 is 5.69 Å². The number of halogens is 3. The first-order valence-electron chi connectivity index (χ1n) is 3.70. The highest BCUT2D eigenvalue weighted by Gasteiger charge is 2.23. The van der Waals surface area contributed by atoms with Crippen molar-refractivity contribution in [2.24, 2.45) is 0 Å². The summed E-state index contributed by atoms with van der Waals surface area (Å²) in [6.45, 7) is 0. The number of rotatable bonds is 3. The topological polar surface area (TPSA) is 60.2 Å². The van der Waals surface area contributed by atoms with E-state index >= 15 is 0 Å². The molecule has 1 rings (SSSR count). The van der Waals surface area contributed by atoms with Gasteiger partial charge in [0.05, 0.1) is 10.3 Å². The van der Waals surface area contributed by atoms with Crippen LogP contribution in [0.5, 0.6) is 0 Å². The summed E-state index contributed by atoms with van der Waals surface area (Å²) in [7, 11) is 0. The Kier molecular flexibility index (Phi) is 3.46. The SMILES string of the molecule is O=C(CBr)c1cc(F)c([N+](=O)[O-])c(F)c1. The lowest BCUT2D eigenvalue weighted by Crippen LogP contribution is -2.04. The maximum atomic E-state index is 13.0. The van der Waals surface area contributed by atoms with Crippen LogP contribution < -0.4 is 0 Å². The summed E-state index contributed by atoms with van der Waals surface area (Å²) in [5, 5.41) is 10.1. The molecule has 0 spiro atoms.